The summed E-state index contributed by atoms with van der Waals surface area (Å²) in [6, 6.07) is -0.0488. The highest BCUT2D eigenvalue weighted by Crippen LogP contribution is 2.44. The van der Waals surface area contributed by atoms with Crippen LogP contribution in [0.2, 0.25) is 0 Å². The largest absolute Gasteiger partial charge is 0.353 e. The molecule has 0 saturated carbocycles. The van der Waals surface area contributed by atoms with Crippen LogP contribution in [0.5, 0.6) is 0 Å². The third-order valence-corrected chi connectivity index (χ3v) is 5.88. The number of hydrogen-bond acceptors (Lipinski definition) is 3. The molecule has 0 aliphatic carbocycles. The van der Waals surface area contributed by atoms with Gasteiger partial charge in [0.05, 0.1) is 11.5 Å². The first-order valence-corrected chi connectivity index (χ1v) is 8.87. The van der Waals surface area contributed by atoms with E-state index in [1.54, 1.807) is 0 Å². The molecule has 0 aromatic rings. The van der Waals surface area contributed by atoms with Gasteiger partial charge in [-0.3, -0.25) is 4.79 Å². The van der Waals surface area contributed by atoms with Crippen LogP contribution in [0.1, 0.15) is 74.7 Å². The Bertz CT molecular complexity index is 496. The molecular weight excluding hydrogens is 306 g/mol. The second-order valence-corrected chi connectivity index (χ2v) is 10.1. The SMILES string of the molecule is CC1(C)CC(NC(=O)C2CC(C)(C)N([O])C2(C)C)CC(C)(C)N1[O]. The van der Waals surface area contributed by atoms with Crippen LogP contribution >= 0.6 is 0 Å². The maximum Gasteiger partial charge on any atom is 0.225 e. The van der Waals surface area contributed by atoms with E-state index < -0.39 is 22.2 Å². The zero-order valence-corrected chi connectivity index (χ0v) is 16.4. The molecule has 2 saturated heterocycles. The minimum absolute atomic E-state index is 0.0488. The maximum atomic E-state index is 12.9. The summed E-state index contributed by atoms with van der Waals surface area (Å²) in [6.07, 6.45) is 1.77. The van der Waals surface area contributed by atoms with Crippen LogP contribution in [0.3, 0.4) is 0 Å². The molecule has 2 heterocycles. The minimum atomic E-state index is -0.724. The van der Waals surface area contributed by atoms with Gasteiger partial charge in [0, 0.05) is 22.7 Å². The monoisotopic (exact) mass is 339 g/mol. The van der Waals surface area contributed by atoms with Crippen LogP contribution in [-0.4, -0.2) is 44.2 Å². The summed E-state index contributed by atoms with van der Waals surface area (Å²) >= 11 is 0. The molecule has 24 heavy (non-hydrogen) atoms. The lowest BCUT2D eigenvalue weighted by atomic mass is 9.78. The summed E-state index contributed by atoms with van der Waals surface area (Å²) in [6.45, 7) is 15.1. The van der Waals surface area contributed by atoms with Crippen molar-refractivity contribution in [2.75, 3.05) is 0 Å². The Labute approximate surface area is 146 Å². The highest BCUT2D eigenvalue weighted by atomic mass is 16.5. The van der Waals surface area contributed by atoms with Gasteiger partial charge in [0.25, 0.3) is 0 Å². The quantitative estimate of drug-likeness (QED) is 0.840. The van der Waals surface area contributed by atoms with Crippen molar-refractivity contribution in [1.29, 1.82) is 0 Å². The van der Waals surface area contributed by atoms with Crippen molar-refractivity contribution in [3.63, 3.8) is 0 Å². The Kier molecular flexibility index (Phi) is 4.63. The smallest absolute Gasteiger partial charge is 0.225 e. The summed E-state index contributed by atoms with van der Waals surface area (Å²) in [5.41, 5.74) is -2.30. The first kappa shape index (κ1) is 19.6. The standard InChI is InChI=1S/C18H33N3O3/c1-15(2)9-12(10-16(3,4)20(15)23)19-14(22)13-11-17(5,6)21(24)18(13,7)8/h12-13H,9-11H2,1-8H3,(H,19,22). The van der Waals surface area contributed by atoms with Gasteiger partial charge >= 0.3 is 0 Å². The van der Waals surface area contributed by atoms with E-state index in [0.29, 0.717) is 19.3 Å². The Morgan fingerprint density at radius 2 is 1.21 bits per heavy atom. The fourth-order valence-electron chi connectivity index (χ4n) is 4.83. The summed E-state index contributed by atoms with van der Waals surface area (Å²) < 4.78 is 0. The molecule has 2 radical (unpaired) electrons. The lowest BCUT2D eigenvalue weighted by Crippen LogP contribution is -2.63. The number of nitrogens with one attached hydrogen (secondary N) is 1. The summed E-state index contributed by atoms with van der Waals surface area (Å²) in [5.74, 6) is -0.413. The maximum absolute atomic E-state index is 12.9. The molecule has 2 rings (SSSR count). The van der Waals surface area contributed by atoms with Gasteiger partial charge < -0.3 is 5.32 Å². The highest BCUT2D eigenvalue weighted by molar-refractivity contribution is 5.81. The van der Waals surface area contributed by atoms with Gasteiger partial charge in [0.15, 0.2) is 0 Å². The lowest BCUT2D eigenvalue weighted by Gasteiger charge is -2.50. The van der Waals surface area contributed by atoms with Gasteiger partial charge in [0.1, 0.15) is 0 Å². The highest BCUT2D eigenvalue weighted by Gasteiger charge is 2.56. The topological polar surface area (TPSA) is 75.4 Å². The fraction of sp³-hybridized carbons (Fsp3) is 0.944. The Hall–Kier alpha value is -0.690. The predicted molar refractivity (Wildman–Crippen MR) is 90.6 cm³/mol. The number of carbonyl (C=O) groups excluding carboxylic acids is 1. The van der Waals surface area contributed by atoms with Crippen LogP contribution in [-0.2, 0) is 15.2 Å². The molecule has 0 aromatic heterocycles. The normalized spacial score (nSPS) is 32.7. The first-order chi connectivity index (χ1) is 10.6. The molecular formula is C18H33N3O3. The average Bonchev–Trinajstić information content (AvgIpc) is 2.55. The summed E-state index contributed by atoms with van der Waals surface area (Å²) in [5, 5.41) is 30.3. The van der Waals surface area contributed by atoms with Crippen molar-refractivity contribution in [3.05, 3.63) is 0 Å². The molecule has 0 bridgehead atoms. The zero-order chi connectivity index (χ0) is 18.7. The van der Waals surface area contributed by atoms with E-state index in [2.05, 4.69) is 5.32 Å². The summed E-state index contributed by atoms with van der Waals surface area (Å²) in [4.78, 5) is 12.9. The van der Waals surface area contributed by atoms with Crippen LogP contribution in [0.15, 0.2) is 0 Å². The zero-order valence-electron chi connectivity index (χ0n) is 16.4. The van der Waals surface area contributed by atoms with Gasteiger partial charge in [-0.05, 0) is 74.7 Å². The third kappa shape index (κ3) is 3.21. The van der Waals surface area contributed by atoms with E-state index in [-0.39, 0.29) is 17.9 Å². The Morgan fingerprint density at radius 1 is 0.792 bits per heavy atom. The number of amides is 1. The molecule has 1 amide bonds. The van der Waals surface area contributed by atoms with E-state index in [4.69, 9.17) is 0 Å². The van der Waals surface area contributed by atoms with Gasteiger partial charge in [0.2, 0.25) is 5.91 Å². The number of piperidine rings is 1. The van der Waals surface area contributed by atoms with Crippen molar-refractivity contribution in [2.24, 2.45) is 5.92 Å². The first-order valence-electron chi connectivity index (χ1n) is 8.87. The Morgan fingerprint density at radius 3 is 1.58 bits per heavy atom. The van der Waals surface area contributed by atoms with Crippen molar-refractivity contribution in [1.82, 2.24) is 15.4 Å². The fourth-order valence-corrected chi connectivity index (χ4v) is 4.83. The molecule has 1 atom stereocenters. The molecule has 2 aliphatic heterocycles. The van der Waals surface area contributed by atoms with E-state index in [1.807, 2.05) is 55.4 Å². The third-order valence-electron chi connectivity index (χ3n) is 5.88. The van der Waals surface area contributed by atoms with Crippen molar-refractivity contribution in [3.8, 4) is 0 Å². The van der Waals surface area contributed by atoms with Gasteiger partial charge in [-0.2, -0.15) is 0 Å². The van der Waals surface area contributed by atoms with Crippen molar-refractivity contribution in [2.45, 2.75) is 103 Å². The van der Waals surface area contributed by atoms with Crippen molar-refractivity contribution < 1.29 is 15.2 Å². The van der Waals surface area contributed by atoms with Gasteiger partial charge in [-0.15, -0.1) is 20.5 Å². The molecule has 2 fully saturated rings. The predicted octanol–water partition coefficient (Wildman–Crippen LogP) is 2.69. The molecule has 1 unspecified atom stereocenters. The number of hydroxylamine groups is 4. The lowest BCUT2D eigenvalue weighted by molar-refractivity contribution is -0.290. The molecule has 138 valence electrons. The molecule has 6 nitrogen and oxygen atoms in total. The van der Waals surface area contributed by atoms with Crippen LogP contribution < -0.4 is 5.32 Å². The second-order valence-electron chi connectivity index (χ2n) is 10.1. The number of carbonyl (C=O) groups is 1. The number of rotatable bonds is 2. The second kappa shape index (κ2) is 5.66. The molecule has 6 heteroatoms. The summed E-state index contributed by atoms with van der Waals surface area (Å²) in [7, 11) is 0. The molecule has 2 aliphatic rings. The average molecular weight is 339 g/mol. The van der Waals surface area contributed by atoms with E-state index >= 15 is 0 Å². The van der Waals surface area contributed by atoms with Crippen molar-refractivity contribution >= 4 is 5.91 Å². The van der Waals surface area contributed by atoms with Gasteiger partial charge in [-0.1, -0.05) is 0 Å². The van der Waals surface area contributed by atoms with Crippen LogP contribution in [0.4, 0.5) is 0 Å². The van der Waals surface area contributed by atoms with E-state index in [1.165, 1.54) is 0 Å². The molecule has 1 N–H and O–H groups in total. The molecule has 0 spiro atoms. The van der Waals surface area contributed by atoms with E-state index in [9.17, 15) is 15.2 Å². The number of nitrogens with zero attached hydrogens (tertiary/aromatic N) is 2. The van der Waals surface area contributed by atoms with E-state index in [0.717, 1.165) is 10.1 Å². The Balaban J connectivity index is 2.13. The molecule has 0 aromatic carbocycles. The number of hydrogen-bond donors (Lipinski definition) is 1. The van der Waals surface area contributed by atoms with Crippen LogP contribution in [0.25, 0.3) is 0 Å². The minimum Gasteiger partial charge on any atom is -0.353 e. The van der Waals surface area contributed by atoms with Crippen LogP contribution in [0, 0.1) is 5.92 Å². The van der Waals surface area contributed by atoms with Gasteiger partial charge in [-0.25, -0.2) is 0 Å².